The number of nitrogens with zero attached hydrogens (tertiary/aromatic N) is 1. The Hall–Kier alpha value is -0.0900. The Morgan fingerprint density at radius 1 is 1.44 bits per heavy atom. The standard InChI is InChI=1S/C14H22BrClN2/c1-4-5-10(2)18(3)14(9-17)12-7-6-11(16)8-13(12)15/h6-8,10,14H,4-5,9,17H2,1-3H3. The molecule has 0 aliphatic rings. The maximum atomic E-state index is 5.98. The summed E-state index contributed by atoms with van der Waals surface area (Å²) in [5.74, 6) is 0. The van der Waals surface area contributed by atoms with Crippen molar-refractivity contribution in [2.75, 3.05) is 13.6 Å². The summed E-state index contributed by atoms with van der Waals surface area (Å²) < 4.78 is 1.03. The first kappa shape index (κ1) is 16.0. The normalized spacial score (nSPS) is 14.8. The van der Waals surface area contributed by atoms with Gasteiger partial charge >= 0.3 is 0 Å². The summed E-state index contributed by atoms with van der Waals surface area (Å²) in [5.41, 5.74) is 7.15. The SMILES string of the molecule is CCCC(C)N(C)C(CN)c1ccc(Cl)cc1Br. The summed E-state index contributed by atoms with van der Waals surface area (Å²) in [5, 5.41) is 0.741. The van der Waals surface area contributed by atoms with Crippen molar-refractivity contribution in [2.24, 2.45) is 5.73 Å². The van der Waals surface area contributed by atoms with Gasteiger partial charge in [-0.3, -0.25) is 4.90 Å². The van der Waals surface area contributed by atoms with Gasteiger partial charge in [-0.25, -0.2) is 0 Å². The minimum atomic E-state index is 0.221. The average Bonchev–Trinajstić information content (AvgIpc) is 2.32. The number of likely N-dealkylation sites (N-methyl/N-ethyl adjacent to an activating group) is 1. The van der Waals surface area contributed by atoms with E-state index in [0.29, 0.717) is 12.6 Å². The predicted octanol–water partition coefficient (Wildman–Crippen LogP) is 4.22. The Kier molecular flexibility index (Phi) is 6.64. The summed E-state index contributed by atoms with van der Waals surface area (Å²) in [6.45, 7) is 5.06. The summed E-state index contributed by atoms with van der Waals surface area (Å²) >= 11 is 9.56. The molecule has 2 N–H and O–H groups in total. The molecule has 0 spiro atoms. The molecule has 102 valence electrons. The Balaban J connectivity index is 2.94. The fraction of sp³-hybridized carbons (Fsp3) is 0.571. The van der Waals surface area contributed by atoms with E-state index in [1.54, 1.807) is 0 Å². The van der Waals surface area contributed by atoms with Gasteiger partial charge in [0.05, 0.1) is 0 Å². The molecular formula is C14H22BrClN2. The molecule has 0 aliphatic carbocycles. The van der Waals surface area contributed by atoms with E-state index < -0.39 is 0 Å². The molecule has 4 heteroatoms. The summed E-state index contributed by atoms with van der Waals surface area (Å²) in [4.78, 5) is 2.34. The van der Waals surface area contributed by atoms with Crippen LogP contribution in [0.15, 0.2) is 22.7 Å². The number of hydrogen-bond acceptors (Lipinski definition) is 2. The Bertz CT molecular complexity index is 384. The van der Waals surface area contributed by atoms with Crippen molar-refractivity contribution >= 4 is 27.5 Å². The fourth-order valence-electron chi connectivity index (χ4n) is 2.21. The van der Waals surface area contributed by atoms with Crippen molar-refractivity contribution in [3.8, 4) is 0 Å². The van der Waals surface area contributed by atoms with Crippen LogP contribution in [-0.2, 0) is 0 Å². The van der Waals surface area contributed by atoms with Crippen LogP contribution in [0, 0.1) is 0 Å². The lowest BCUT2D eigenvalue weighted by atomic mass is 10.0. The number of halogens is 2. The molecule has 0 aromatic heterocycles. The van der Waals surface area contributed by atoms with E-state index >= 15 is 0 Å². The van der Waals surface area contributed by atoms with E-state index in [2.05, 4.69) is 47.8 Å². The van der Waals surface area contributed by atoms with E-state index in [4.69, 9.17) is 17.3 Å². The third kappa shape index (κ3) is 3.95. The van der Waals surface area contributed by atoms with Crippen molar-refractivity contribution in [1.29, 1.82) is 0 Å². The molecule has 18 heavy (non-hydrogen) atoms. The first-order chi connectivity index (χ1) is 8.51. The minimum absolute atomic E-state index is 0.221. The van der Waals surface area contributed by atoms with Gasteiger partial charge in [0.15, 0.2) is 0 Å². The predicted molar refractivity (Wildman–Crippen MR) is 83.1 cm³/mol. The lowest BCUT2D eigenvalue weighted by molar-refractivity contribution is 0.179. The zero-order chi connectivity index (χ0) is 13.7. The number of nitrogens with two attached hydrogens (primary N) is 1. The van der Waals surface area contributed by atoms with Gasteiger partial charge in [-0.1, -0.05) is 46.9 Å². The van der Waals surface area contributed by atoms with Crippen LogP contribution in [0.1, 0.15) is 38.3 Å². The molecule has 1 aromatic carbocycles. The Morgan fingerprint density at radius 3 is 2.61 bits per heavy atom. The van der Waals surface area contributed by atoms with Gasteiger partial charge in [0.1, 0.15) is 0 Å². The third-order valence-corrected chi connectivity index (χ3v) is 4.36. The second-order valence-electron chi connectivity index (χ2n) is 4.72. The van der Waals surface area contributed by atoms with Crippen LogP contribution < -0.4 is 5.73 Å². The molecule has 2 nitrogen and oxygen atoms in total. The van der Waals surface area contributed by atoms with Gasteiger partial charge in [0.2, 0.25) is 0 Å². The second-order valence-corrected chi connectivity index (χ2v) is 6.01. The fourth-order valence-corrected chi connectivity index (χ4v) is 3.16. The molecule has 2 atom stereocenters. The Labute approximate surface area is 124 Å². The monoisotopic (exact) mass is 332 g/mol. The molecule has 0 aliphatic heterocycles. The van der Waals surface area contributed by atoms with Gasteiger partial charge in [-0.15, -0.1) is 0 Å². The maximum absolute atomic E-state index is 5.98. The van der Waals surface area contributed by atoms with Crippen molar-refractivity contribution in [2.45, 2.75) is 38.8 Å². The van der Waals surface area contributed by atoms with Crippen molar-refractivity contribution in [3.63, 3.8) is 0 Å². The number of hydrogen-bond donors (Lipinski definition) is 1. The van der Waals surface area contributed by atoms with Crippen LogP contribution >= 0.6 is 27.5 Å². The molecule has 0 saturated heterocycles. The molecular weight excluding hydrogens is 312 g/mol. The van der Waals surface area contributed by atoms with Crippen LogP contribution in [0.3, 0.4) is 0 Å². The zero-order valence-electron chi connectivity index (χ0n) is 11.3. The largest absolute Gasteiger partial charge is 0.329 e. The first-order valence-corrected chi connectivity index (χ1v) is 7.55. The molecule has 0 bridgehead atoms. The van der Waals surface area contributed by atoms with E-state index in [9.17, 15) is 0 Å². The lowest BCUT2D eigenvalue weighted by Gasteiger charge is -2.33. The summed E-state index contributed by atoms with van der Waals surface area (Å²) in [6, 6.07) is 6.64. The van der Waals surface area contributed by atoms with Crippen LogP contribution in [0.2, 0.25) is 5.02 Å². The molecule has 0 amide bonds. The molecule has 0 heterocycles. The highest BCUT2D eigenvalue weighted by atomic mass is 79.9. The molecule has 0 fully saturated rings. The van der Waals surface area contributed by atoms with Crippen molar-refractivity contribution in [1.82, 2.24) is 4.90 Å². The summed E-state index contributed by atoms with van der Waals surface area (Å²) in [7, 11) is 2.14. The van der Waals surface area contributed by atoms with Crippen LogP contribution in [0.5, 0.6) is 0 Å². The van der Waals surface area contributed by atoms with Gasteiger partial charge in [-0.05, 0) is 38.1 Å². The highest BCUT2D eigenvalue weighted by Crippen LogP contribution is 2.30. The molecule has 1 rings (SSSR count). The average molecular weight is 334 g/mol. The number of benzene rings is 1. The zero-order valence-corrected chi connectivity index (χ0v) is 13.6. The van der Waals surface area contributed by atoms with E-state index in [-0.39, 0.29) is 6.04 Å². The van der Waals surface area contributed by atoms with Gasteiger partial charge in [0.25, 0.3) is 0 Å². The van der Waals surface area contributed by atoms with E-state index in [0.717, 1.165) is 9.50 Å². The minimum Gasteiger partial charge on any atom is -0.329 e. The van der Waals surface area contributed by atoms with Crippen LogP contribution in [0.25, 0.3) is 0 Å². The highest BCUT2D eigenvalue weighted by Gasteiger charge is 2.21. The van der Waals surface area contributed by atoms with E-state index in [1.807, 2.05) is 12.1 Å². The molecule has 1 aromatic rings. The molecule has 0 radical (unpaired) electrons. The summed E-state index contributed by atoms with van der Waals surface area (Å²) in [6.07, 6.45) is 2.36. The van der Waals surface area contributed by atoms with Gasteiger partial charge in [-0.2, -0.15) is 0 Å². The van der Waals surface area contributed by atoms with Crippen LogP contribution in [0.4, 0.5) is 0 Å². The lowest BCUT2D eigenvalue weighted by Crippen LogP contribution is -2.37. The Morgan fingerprint density at radius 2 is 2.11 bits per heavy atom. The quantitative estimate of drug-likeness (QED) is 0.844. The maximum Gasteiger partial charge on any atom is 0.0481 e. The van der Waals surface area contributed by atoms with Gasteiger partial charge in [0, 0.05) is 28.1 Å². The molecule has 2 unspecified atom stereocenters. The topological polar surface area (TPSA) is 29.3 Å². The number of rotatable bonds is 6. The first-order valence-electron chi connectivity index (χ1n) is 6.38. The van der Waals surface area contributed by atoms with E-state index in [1.165, 1.54) is 18.4 Å². The van der Waals surface area contributed by atoms with Crippen molar-refractivity contribution < 1.29 is 0 Å². The van der Waals surface area contributed by atoms with Crippen molar-refractivity contribution in [3.05, 3.63) is 33.3 Å². The second kappa shape index (κ2) is 7.49. The van der Waals surface area contributed by atoms with Gasteiger partial charge < -0.3 is 5.73 Å². The van der Waals surface area contributed by atoms with Crippen LogP contribution in [-0.4, -0.2) is 24.5 Å². The highest BCUT2D eigenvalue weighted by molar-refractivity contribution is 9.10. The third-order valence-electron chi connectivity index (χ3n) is 3.44. The molecule has 0 saturated carbocycles. The smallest absolute Gasteiger partial charge is 0.0481 e.